The van der Waals surface area contributed by atoms with E-state index in [2.05, 4.69) is 0 Å². The zero-order chi connectivity index (χ0) is 21.3. The molecule has 2 aliphatic rings. The first-order chi connectivity index (χ1) is 14.5. The molecule has 0 bridgehead atoms. The molecule has 2 heterocycles. The van der Waals surface area contributed by atoms with E-state index in [1.165, 1.54) is 29.2 Å². The highest BCUT2D eigenvalue weighted by molar-refractivity contribution is 6.46. The maximum Gasteiger partial charge on any atom is 0.295 e. The number of hydrogen-bond acceptors (Lipinski definition) is 5. The van der Waals surface area contributed by atoms with Crippen LogP contribution in [0.1, 0.15) is 30.0 Å². The highest BCUT2D eigenvalue weighted by Gasteiger charge is 2.47. The van der Waals surface area contributed by atoms with Crippen LogP contribution >= 0.6 is 0 Å². The minimum atomic E-state index is -0.773. The van der Waals surface area contributed by atoms with Crippen LogP contribution in [-0.4, -0.2) is 48.1 Å². The van der Waals surface area contributed by atoms with Crippen molar-refractivity contribution in [1.29, 1.82) is 0 Å². The van der Waals surface area contributed by atoms with E-state index >= 15 is 0 Å². The number of halogens is 1. The lowest BCUT2D eigenvalue weighted by atomic mass is 9.95. The molecule has 156 valence electrons. The summed E-state index contributed by atoms with van der Waals surface area (Å²) >= 11 is 0. The molecule has 2 atom stereocenters. The van der Waals surface area contributed by atoms with Gasteiger partial charge in [0, 0.05) is 18.7 Å². The Morgan fingerprint density at radius 2 is 1.87 bits per heavy atom. The molecule has 0 radical (unpaired) electrons. The summed E-state index contributed by atoms with van der Waals surface area (Å²) in [6.45, 7) is 0.874. The number of aliphatic hydroxyl groups is 1. The van der Waals surface area contributed by atoms with Crippen molar-refractivity contribution in [3.63, 3.8) is 0 Å². The van der Waals surface area contributed by atoms with Crippen LogP contribution in [0, 0.1) is 5.82 Å². The number of ketones is 1. The van der Waals surface area contributed by atoms with E-state index in [1.54, 1.807) is 31.4 Å². The van der Waals surface area contributed by atoms with Crippen LogP contribution < -0.4 is 4.74 Å². The molecule has 1 N–H and O–H groups in total. The maximum absolute atomic E-state index is 13.3. The quantitative estimate of drug-likeness (QED) is 0.463. The van der Waals surface area contributed by atoms with Gasteiger partial charge in [-0.25, -0.2) is 4.39 Å². The molecule has 0 spiro atoms. The summed E-state index contributed by atoms with van der Waals surface area (Å²) in [4.78, 5) is 27.3. The number of likely N-dealkylation sites (tertiary alicyclic amines) is 1. The number of hydrogen-bond donors (Lipinski definition) is 1. The Hall–Kier alpha value is -3.19. The number of Topliss-reactive ketones (excluding diaryl/α,β-unsaturated/α-hetero) is 1. The van der Waals surface area contributed by atoms with Gasteiger partial charge in [-0.05, 0) is 54.8 Å². The fourth-order valence-electron chi connectivity index (χ4n) is 3.97. The predicted molar refractivity (Wildman–Crippen MR) is 107 cm³/mol. The lowest BCUT2D eigenvalue weighted by molar-refractivity contribution is -0.140. The summed E-state index contributed by atoms with van der Waals surface area (Å²) in [5.41, 5.74) is 0.913. The molecule has 1 amide bonds. The van der Waals surface area contributed by atoms with Gasteiger partial charge < -0.3 is 19.5 Å². The first-order valence-corrected chi connectivity index (χ1v) is 9.79. The fourth-order valence-corrected chi connectivity index (χ4v) is 3.97. The Morgan fingerprint density at radius 3 is 2.47 bits per heavy atom. The van der Waals surface area contributed by atoms with E-state index in [1.807, 2.05) is 0 Å². The monoisotopic (exact) mass is 411 g/mol. The van der Waals surface area contributed by atoms with Gasteiger partial charge in [0.05, 0.1) is 24.8 Å². The van der Waals surface area contributed by atoms with E-state index in [0.717, 1.165) is 12.8 Å². The molecule has 0 saturated carbocycles. The largest absolute Gasteiger partial charge is 0.507 e. The van der Waals surface area contributed by atoms with Gasteiger partial charge in [0.1, 0.15) is 17.3 Å². The Morgan fingerprint density at radius 1 is 1.17 bits per heavy atom. The number of nitrogens with zero attached hydrogens (tertiary/aromatic N) is 1. The number of aliphatic hydroxyl groups excluding tert-OH is 1. The molecule has 2 aliphatic heterocycles. The third-order valence-corrected chi connectivity index (χ3v) is 5.51. The number of methoxy groups -OCH3 is 1. The second-order valence-corrected chi connectivity index (χ2v) is 7.37. The van der Waals surface area contributed by atoms with E-state index in [4.69, 9.17) is 9.47 Å². The molecule has 7 heteroatoms. The van der Waals surface area contributed by atoms with Crippen LogP contribution in [0.4, 0.5) is 4.39 Å². The summed E-state index contributed by atoms with van der Waals surface area (Å²) in [7, 11) is 1.55. The zero-order valence-corrected chi connectivity index (χ0v) is 16.5. The number of rotatable bonds is 5. The molecule has 6 nitrogen and oxygen atoms in total. The van der Waals surface area contributed by atoms with Crippen molar-refractivity contribution in [3.8, 4) is 5.75 Å². The van der Waals surface area contributed by atoms with Crippen LogP contribution in [0.2, 0.25) is 0 Å². The van der Waals surface area contributed by atoms with Crippen molar-refractivity contribution in [2.45, 2.75) is 25.0 Å². The second-order valence-electron chi connectivity index (χ2n) is 7.37. The molecule has 0 aromatic heterocycles. The Balaban J connectivity index is 1.80. The molecule has 2 fully saturated rings. The van der Waals surface area contributed by atoms with E-state index in [0.29, 0.717) is 17.9 Å². The van der Waals surface area contributed by atoms with Crippen LogP contribution in [0.3, 0.4) is 0 Å². The van der Waals surface area contributed by atoms with Gasteiger partial charge in [0.25, 0.3) is 11.7 Å². The summed E-state index contributed by atoms with van der Waals surface area (Å²) in [5.74, 6) is -1.61. The smallest absolute Gasteiger partial charge is 0.295 e. The van der Waals surface area contributed by atoms with Crippen molar-refractivity contribution < 1.29 is 28.6 Å². The maximum atomic E-state index is 13.3. The molecule has 30 heavy (non-hydrogen) atoms. The highest BCUT2D eigenvalue weighted by Crippen LogP contribution is 2.40. The third-order valence-electron chi connectivity index (χ3n) is 5.51. The molecule has 4 rings (SSSR count). The number of carbonyl (C=O) groups is 2. The summed E-state index contributed by atoms with van der Waals surface area (Å²) in [5, 5.41) is 10.9. The fraction of sp³-hybridized carbons (Fsp3) is 0.304. The second kappa shape index (κ2) is 8.28. The van der Waals surface area contributed by atoms with Gasteiger partial charge in [0.2, 0.25) is 0 Å². The standard InChI is InChI=1S/C23H22FNO5/c1-29-17-10-6-14(7-11-17)20-19(21(26)15-4-8-16(24)9-5-15)22(27)23(28)25(20)13-18-3-2-12-30-18/h4-11,18,20,26H,2-3,12-13H2,1H3/t18-,20-/m0/s1. The first-order valence-electron chi connectivity index (χ1n) is 9.79. The minimum Gasteiger partial charge on any atom is -0.507 e. The van der Waals surface area contributed by atoms with Gasteiger partial charge in [-0.1, -0.05) is 12.1 Å². The molecular formula is C23H22FNO5. The van der Waals surface area contributed by atoms with Crippen LogP contribution in [0.15, 0.2) is 54.1 Å². The van der Waals surface area contributed by atoms with Gasteiger partial charge in [-0.15, -0.1) is 0 Å². The van der Waals surface area contributed by atoms with Crippen LogP contribution in [0.5, 0.6) is 5.75 Å². The topological polar surface area (TPSA) is 76.1 Å². The number of amides is 1. The first kappa shape index (κ1) is 20.1. The molecular weight excluding hydrogens is 389 g/mol. The van der Waals surface area contributed by atoms with Crippen molar-refractivity contribution in [2.24, 2.45) is 0 Å². The third kappa shape index (κ3) is 3.68. The van der Waals surface area contributed by atoms with Gasteiger partial charge in [-0.3, -0.25) is 9.59 Å². The summed E-state index contributed by atoms with van der Waals surface area (Å²) in [6.07, 6.45) is 1.54. The van der Waals surface area contributed by atoms with Crippen molar-refractivity contribution in [2.75, 3.05) is 20.3 Å². The van der Waals surface area contributed by atoms with Crippen LogP contribution in [-0.2, 0) is 14.3 Å². The minimum absolute atomic E-state index is 0.0187. The average molecular weight is 411 g/mol. The molecule has 2 saturated heterocycles. The average Bonchev–Trinajstić information content (AvgIpc) is 3.36. The predicted octanol–water partition coefficient (Wildman–Crippen LogP) is 3.44. The molecule has 2 aromatic rings. The van der Waals surface area contributed by atoms with E-state index in [9.17, 15) is 19.1 Å². The van der Waals surface area contributed by atoms with Gasteiger partial charge >= 0.3 is 0 Å². The van der Waals surface area contributed by atoms with E-state index in [-0.39, 0.29) is 29.5 Å². The lowest BCUT2D eigenvalue weighted by Crippen LogP contribution is -2.36. The Kier molecular flexibility index (Phi) is 5.55. The Bertz CT molecular complexity index is 978. The lowest BCUT2D eigenvalue weighted by Gasteiger charge is -2.27. The van der Waals surface area contributed by atoms with Crippen LogP contribution in [0.25, 0.3) is 5.76 Å². The summed E-state index contributed by atoms with van der Waals surface area (Å²) in [6, 6.07) is 11.4. The van der Waals surface area contributed by atoms with Gasteiger partial charge in [-0.2, -0.15) is 0 Å². The van der Waals surface area contributed by atoms with Crippen molar-refractivity contribution in [3.05, 3.63) is 71.0 Å². The number of benzene rings is 2. The normalized spacial score (nSPS) is 23.2. The highest BCUT2D eigenvalue weighted by atomic mass is 19.1. The van der Waals surface area contributed by atoms with Crippen molar-refractivity contribution in [1.82, 2.24) is 4.90 Å². The summed E-state index contributed by atoms with van der Waals surface area (Å²) < 4.78 is 24.2. The molecule has 0 unspecified atom stereocenters. The van der Waals surface area contributed by atoms with Crippen molar-refractivity contribution >= 4 is 17.4 Å². The zero-order valence-electron chi connectivity index (χ0n) is 16.5. The van der Waals surface area contributed by atoms with Gasteiger partial charge in [0.15, 0.2) is 0 Å². The number of carbonyl (C=O) groups excluding carboxylic acids is 2. The van der Waals surface area contributed by atoms with E-state index < -0.39 is 23.5 Å². The molecule has 2 aromatic carbocycles. The number of ether oxygens (including phenoxy) is 2. The molecule has 0 aliphatic carbocycles. The SMILES string of the molecule is COc1ccc([C@H]2C(=C(O)c3ccc(F)cc3)C(=O)C(=O)N2C[C@@H]2CCCO2)cc1. The Labute approximate surface area is 173 Å².